The second kappa shape index (κ2) is 8.10. The van der Waals surface area contributed by atoms with Gasteiger partial charge < -0.3 is 5.32 Å². The summed E-state index contributed by atoms with van der Waals surface area (Å²) in [5.41, 5.74) is 2.73. The van der Waals surface area contributed by atoms with Crippen LogP contribution in [0, 0.1) is 12.8 Å². The zero-order valence-electron chi connectivity index (χ0n) is 16.9. The fraction of sp³-hybridized carbons (Fsp3) is 0.682. The molecule has 26 heavy (non-hydrogen) atoms. The van der Waals surface area contributed by atoms with Crippen LogP contribution in [-0.4, -0.2) is 54.0 Å². The first-order chi connectivity index (χ1) is 12.3. The number of rotatable bonds is 5. The number of hydrogen-bond acceptors (Lipinski definition) is 3. The van der Waals surface area contributed by atoms with E-state index in [4.69, 9.17) is 0 Å². The highest BCUT2D eigenvalue weighted by molar-refractivity contribution is 5.78. The summed E-state index contributed by atoms with van der Waals surface area (Å²) < 4.78 is 0. The number of amides is 1. The van der Waals surface area contributed by atoms with Crippen LogP contribution in [0.1, 0.15) is 57.2 Å². The van der Waals surface area contributed by atoms with Gasteiger partial charge in [0.05, 0.1) is 12.6 Å². The SMILES string of the molecule is Cc1ccc(C(NC(=O)CN2CCCN(C(C)(C)C)CC2)C2CC2)cc1. The first kappa shape index (κ1) is 19.4. The number of benzene rings is 1. The maximum absolute atomic E-state index is 12.7. The van der Waals surface area contributed by atoms with Crippen molar-refractivity contribution in [3.8, 4) is 0 Å². The topological polar surface area (TPSA) is 35.6 Å². The van der Waals surface area contributed by atoms with Crippen molar-refractivity contribution in [2.24, 2.45) is 5.92 Å². The first-order valence-electron chi connectivity index (χ1n) is 10.2. The molecule has 1 aliphatic heterocycles. The number of carbonyl (C=O) groups excluding carboxylic acids is 1. The van der Waals surface area contributed by atoms with Gasteiger partial charge in [0.1, 0.15) is 0 Å². The molecule has 1 aromatic carbocycles. The Labute approximate surface area is 158 Å². The Morgan fingerprint density at radius 3 is 2.42 bits per heavy atom. The highest BCUT2D eigenvalue weighted by Gasteiger charge is 2.33. The molecule has 1 atom stereocenters. The molecule has 1 unspecified atom stereocenters. The average molecular weight is 358 g/mol. The maximum atomic E-state index is 12.7. The summed E-state index contributed by atoms with van der Waals surface area (Å²) in [5, 5.41) is 3.33. The number of carbonyl (C=O) groups is 1. The van der Waals surface area contributed by atoms with Crippen LogP contribution >= 0.6 is 0 Å². The molecule has 2 aliphatic rings. The van der Waals surface area contributed by atoms with Gasteiger partial charge in [0.25, 0.3) is 0 Å². The van der Waals surface area contributed by atoms with Gasteiger partial charge in [-0.2, -0.15) is 0 Å². The second-order valence-electron chi connectivity index (χ2n) is 9.08. The lowest BCUT2D eigenvalue weighted by Gasteiger charge is -2.34. The van der Waals surface area contributed by atoms with Gasteiger partial charge in [0.2, 0.25) is 5.91 Å². The molecule has 144 valence electrons. The molecule has 4 nitrogen and oxygen atoms in total. The number of nitrogens with zero attached hydrogens (tertiary/aromatic N) is 2. The van der Waals surface area contributed by atoms with Gasteiger partial charge in [-0.3, -0.25) is 14.6 Å². The van der Waals surface area contributed by atoms with Gasteiger partial charge in [-0.1, -0.05) is 29.8 Å². The van der Waals surface area contributed by atoms with Crippen LogP contribution in [0.15, 0.2) is 24.3 Å². The summed E-state index contributed by atoms with van der Waals surface area (Å²) in [6, 6.07) is 8.82. The average Bonchev–Trinajstić information content (AvgIpc) is 3.40. The molecule has 1 saturated carbocycles. The lowest BCUT2D eigenvalue weighted by atomic mass is 10.0. The summed E-state index contributed by atoms with van der Waals surface area (Å²) >= 11 is 0. The molecule has 1 saturated heterocycles. The third kappa shape index (κ3) is 5.31. The van der Waals surface area contributed by atoms with E-state index in [9.17, 15) is 4.79 Å². The lowest BCUT2D eigenvalue weighted by Crippen LogP contribution is -2.44. The smallest absolute Gasteiger partial charge is 0.234 e. The predicted molar refractivity (Wildman–Crippen MR) is 107 cm³/mol. The van der Waals surface area contributed by atoms with Crippen molar-refractivity contribution in [3.05, 3.63) is 35.4 Å². The van der Waals surface area contributed by atoms with E-state index in [2.05, 4.69) is 67.1 Å². The Kier molecular flexibility index (Phi) is 6.03. The normalized spacial score (nSPS) is 21.2. The largest absolute Gasteiger partial charge is 0.348 e. The summed E-state index contributed by atoms with van der Waals surface area (Å²) in [5.74, 6) is 0.786. The maximum Gasteiger partial charge on any atom is 0.234 e. The number of aryl methyl sites for hydroxylation is 1. The van der Waals surface area contributed by atoms with Crippen molar-refractivity contribution in [2.45, 2.75) is 58.5 Å². The summed E-state index contributed by atoms with van der Waals surface area (Å²) in [6.07, 6.45) is 3.58. The lowest BCUT2D eigenvalue weighted by molar-refractivity contribution is -0.123. The Hall–Kier alpha value is -1.39. The molecule has 4 heteroatoms. The Bertz CT molecular complexity index is 601. The molecule has 1 aliphatic carbocycles. The quantitative estimate of drug-likeness (QED) is 0.878. The van der Waals surface area contributed by atoms with Crippen LogP contribution in [0.2, 0.25) is 0 Å². The van der Waals surface area contributed by atoms with Crippen molar-refractivity contribution >= 4 is 5.91 Å². The molecule has 2 fully saturated rings. The van der Waals surface area contributed by atoms with Crippen molar-refractivity contribution in [1.29, 1.82) is 0 Å². The van der Waals surface area contributed by atoms with Crippen LogP contribution in [0.25, 0.3) is 0 Å². The van der Waals surface area contributed by atoms with E-state index in [1.807, 2.05) is 0 Å². The van der Waals surface area contributed by atoms with Crippen molar-refractivity contribution in [1.82, 2.24) is 15.1 Å². The molecule has 1 amide bonds. The summed E-state index contributed by atoms with van der Waals surface area (Å²) in [7, 11) is 0. The monoisotopic (exact) mass is 357 g/mol. The van der Waals surface area contributed by atoms with E-state index in [1.54, 1.807) is 0 Å². The minimum atomic E-state index is 0.173. The molecule has 0 radical (unpaired) electrons. The number of hydrogen-bond donors (Lipinski definition) is 1. The third-order valence-electron chi connectivity index (χ3n) is 5.75. The fourth-order valence-corrected chi connectivity index (χ4v) is 3.90. The molecule has 0 bridgehead atoms. The first-order valence-corrected chi connectivity index (χ1v) is 10.2. The van der Waals surface area contributed by atoms with Crippen LogP contribution in [-0.2, 0) is 4.79 Å². The van der Waals surface area contributed by atoms with Crippen LogP contribution < -0.4 is 5.32 Å². The second-order valence-corrected chi connectivity index (χ2v) is 9.08. The van der Waals surface area contributed by atoms with E-state index < -0.39 is 0 Å². The summed E-state index contributed by atoms with van der Waals surface area (Å²) in [6.45, 7) is 13.6. The van der Waals surface area contributed by atoms with Gasteiger partial charge in [-0.25, -0.2) is 0 Å². The number of nitrogens with one attached hydrogen (secondary N) is 1. The Morgan fingerprint density at radius 1 is 1.12 bits per heavy atom. The highest BCUT2D eigenvalue weighted by Crippen LogP contribution is 2.41. The van der Waals surface area contributed by atoms with E-state index in [0.717, 1.165) is 32.6 Å². The minimum Gasteiger partial charge on any atom is -0.348 e. The molecular weight excluding hydrogens is 322 g/mol. The molecule has 0 aromatic heterocycles. The van der Waals surface area contributed by atoms with Crippen LogP contribution in [0.3, 0.4) is 0 Å². The van der Waals surface area contributed by atoms with Gasteiger partial charge in [-0.15, -0.1) is 0 Å². The van der Waals surface area contributed by atoms with Gasteiger partial charge in [0, 0.05) is 18.6 Å². The van der Waals surface area contributed by atoms with Crippen molar-refractivity contribution < 1.29 is 4.79 Å². The van der Waals surface area contributed by atoms with E-state index in [0.29, 0.717) is 12.5 Å². The highest BCUT2D eigenvalue weighted by atomic mass is 16.2. The van der Waals surface area contributed by atoms with Crippen LogP contribution in [0.5, 0.6) is 0 Å². The van der Waals surface area contributed by atoms with Gasteiger partial charge >= 0.3 is 0 Å². The Balaban J connectivity index is 1.55. The molecule has 0 spiro atoms. The Morgan fingerprint density at radius 2 is 1.81 bits per heavy atom. The van der Waals surface area contributed by atoms with E-state index >= 15 is 0 Å². The third-order valence-corrected chi connectivity index (χ3v) is 5.75. The van der Waals surface area contributed by atoms with Crippen LogP contribution in [0.4, 0.5) is 0 Å². The predicted octanol–water partition coefficient (Wildman–Crippen LogP) is 3.37. The molecule has 1 heterocycles. The fourth-order valence-electron chi connectivity index (χ4n) is 3.90. The van der Waals surface area contributed by atoms with Crippen molar-refractivity contribution in [2.75, 3.05) is 32.7 Å². The summed E-state index contributed by atoms with van der Waals surface area (Å²) in [4.78, 5) is 17.6. The molecular formula is C22H35N3O. The standard InChI is InChI=1S/C22H35N3O/c1-17-6-8-18(9-7-17)21(19-10-11-19)23-20(26)16-24-12-5-13-25(15-14-24)22(2,3)4/h6-9,19,21H,5,10-16H2,1-4H3,(H,23,26). The zero-order chi connectivity index (χ0) is 18.7. The van der Waals surface area contributed by atoms with E-state index in [-0.39, 0.29) is 17.5 Å². The zero-order valence-corrected chi connectivity index (χ0v) is 16.9. The van der Waals surface area contributed by atoms with Gasteiger partial charge in [-0.05, 0) is 71.5 Å². The molecule has 1 N–H and O–H groups in total. The van der Waals surface area contributed by atoms with E-state index in [1.165, 1.54) is 24.0 Å². The van der Waals surface area contributed by atoms with Crippen molar-refractivity contribution in [3.63, 3.8) is 0 Å². The van der Waals surface area contributed by atoms with Gasteiger partial charge in [0.15, 0.2) is 0 Å². The molecule has 3 rings (SSSR count). The molecule has 1 aromatic rings. The minimum absolute atomic E-state index is 0.173.